The number of pyridine rings is 1. The lowest BCUT2D eigenvalue weighted by molar-refractivity contribution is 0.0696. The molecule has 2 atom stereocenters. The molecule has 2 N–H and O–H groups in total. The van der Waals surface area contributed by atoms with Gasteiger partial charge in [-0.2, -0.15) is 0 Å². The van der Waals surface area contributed by atoms with Gasteiger partial charge in [-0.1, -0.05) is 0 Å². The Balaban J connectivity index is 1.76. The summed E-state index contributed by atoms with van der Waals surface area (Å²) in [5.41, 5.74) is -0.0308. The third-order valence-corrected chi connectivity index (χ3v) is 5.58. The Labute approximate surface area is 123 Å². The van der Waals surface area contributed by atoms with Crippen molar-refractivity contribution in [2.75, 3.05) is 13.1 Å². The highest BCUT2D eigenvalue weighted by Gasteiger charge is 2.39. The standard InChI is InChI=1S/C13H17N3O4S/c17-13(18)9-3-4-12(14-8-9)21(19,20)15-10-5-7-16-6-1-2-11(10)16/h3-4,8,10-11,15H,1-2,5-7H2,(H,17,18). The molecule has 114 valence electrons. The first-order valence-corrected chi connectivity index (χ1v) is 8.41. The van der Waals surface area contributed by atoms with Crippen molar-refractivity contribution < 1.29 is 18.3 Å². The maximum Gasteiger partial charge on any atom is 0.337 e. The first-order chi connectivity index (χ1) is 9.97. The second-order valence-electron chi connectivity index (χ2n) is 5.45. The number of carboxylic acids is 1. The van der Waals surface area contributed by atoms with Gasteiger partial charge in [0.25, 0.3) is 10.0 Å². The quantitative estimate of drug-likeness (QED) is 0.829. The number of nitrogens with zero attached hydrogens (tertiary/aromatic N) is 2. The van der Waals surface area contributed by atoms with Crippen LogP contribution in [0, 0.1) is 0 Å². The van der Waals surface area contributed by atoms with E-state index in [2.05, 4.69) is 14.6 Å². The van der Waals surface area contributed by atoms with Gasteiger partial charge in [0, 0.05) is 24.8 Å². The fraction of sp³-hybridized carbons (Fsp3) is 0.538. The Morgan fingerprint density at radius 1 is 1.33 bits per heavy atom. The SMILES string of the molecule is O=C(O)c1ccc(S(=O)(=O)NC2CCN3CCCC23)nc1. The molecule has 0 amide bonds. The Kier molecular flexibility index (Phi) is 3.68. The third kappa shape index (κ3) is 2.78. The summed E-state index contributed by atoms with van der Waals surface area (Å²) >= 11 is 0. The molecule has 0 radical (unpaired) electrons. The summed E-state index contributed by atoms with van der Waals surface area (Å²) in [6.45, 7) is 1.96. The molecule has 0 spiro atoms. The van der Waals surface area contributed by atoms with Gasteiger partial charge < -0.3 is 5.11 Å². The summed E-state index contributed by atoms with van der Waals surface area (Å²) in [5, 5.41) is 8.67. The lowest BCUT2D eigenvalue weighted by atomic mass is 10.1. The van der Waals surface area contributed by atoms with Crippen LogP contribution in [0.3, 0.4) is 0 Å². The van der Waals surface area contributed by atoms with Gasteiger partial charge in [0.2, 0.25) is 0 Å². The lowest BCUT2D eigenvalue weighted by Crippen LogP contribution is -2.42. The highest BCUT2D eigenvalue weighted by Crippen LogP contribution is 2.28. The van der Waals surface area contributed by atoms with Crippen molar-refractivity contribution in [1.82, 2.24) is 14.6 Å². The monoisotopic (exact) mass is 311 g/mol. The van der Waals surface area contributed by atoms with Gasteiger partial charge in [-0.15, -0.1) is 0 Å². The summed E-state index contributed by atoms with van der Waals surface area (Å²) < 4.78 is 27.3. The number of aromatic carboxylic acids is 1. The zero-order valence-electron chi connectivity index (χ0n) is 11.4. The Morgan fingerprint density at radius 3 is 2.81 bits per heavy atom. The minimum Gasteiger partial charge on any atom is -0.478 e. The van der Waals surface area contributed by atoms with E-state index in [4.69, 9.17) is 5.11 Å². The molecule has 3 heterocycles. The number of sulfonamides is 1. The van der Waals surface area contributed by atoms with Crippen molar-refractivity contribution in [3.05, 3.63) is 23.9 Å². The summed E-state index contributed by atoms with van der Waals surface area (Å²) in [6.07, 6.45) is 3.98. The molecule has 2 aliphatic heterocycles. The van der Waals surface area contributed by atoms with Crippen LogP contribution in [-0.2, 0) is 10.0 Å². The smallest absolute Gasteiger partial charge is 0.337 e. The molecule has 0 bridgehead atoms. The van der Waals surface area contributed by atoms with Crippen molar-refractivity contribution in [1.29, 1.82) is 0 Å². The van der Waals surface area contributed by atoms with Gasteiger partial charge in [-0.25, -0.2) is 22.9 Å². The zero-order valence-corrected chi connectivity index (χ0v) is 12.2. The molecule has 1 aromatic heterocycles. The number of nitrogens with one attached hydrogen (secondary N) is 1. The molecular weight excluding hydrogens is 294 g/mol. The molecule has 8 heteroatoms. The van der Waals surface area contributed by atoms with Crippen molar-refractivity contribution in [2.24, 2.45) is 0 Å². The van der Waals surface area contributed by atoms with E-state index in [1.54, 1.807) is 0 Å². The molecule has 0 aliphatic carbocycles. The van der Waals surface area contributed by atoms with Gasteiger partial charge in [0.15, 0.2) is 5.03 Å². The van der Waals surface area contributed by atoms with Crippen LogP contribution in [0.1, 0.15) is 29.6 Å². The van der Waals surface area contributed by atoms with Gasteiger partial charge in [0.1, 0.15) is 0 Å². The second kappa shape index (κ2) is 5.36. The Morgan fingerprint density at radius 2 is 2.14 bits per heavy atom. The first kappa shape index (κ1) is 14.4. The van der Waals surface area contributed by atoms with Crippen molar-refractivity contribution in [3.63, 3.8) is 0 Å². The van der Waals surface area contributed by atoms with E-state index in [0.717, 1.165) is 38.5 Å². The van der Waals surface area contributed by atoms with E-state index in [-0.39, 0.29) is 22.7 Å². The highest BCUT2D eigenvalue weighted by atomic mass is 32.2. The number of rotatable bonds is 4. The maximum atomic E-state index is 12.3. The zero-order chi connectivity index (χ0) is 15.0. The van der Waals surface area contributed by atoms with Gasteiger partial charge >= 0.3 is 5.97 Å². The molecular formula is C13H17N3O4S. The number of aromatic nitrogens is 1. The average molecular weight is 311 g/mol. The summed E-state index contributed by atoms with van der Waals surface area (Å²) in [5.74, 6) is -1.13. The molecule has 2 saturated heterocycles. The number of hydrogen-bond donors (Lipinski definition) is 2. The van der Waals surface area contributed by atoms with E-state index < -0.39 is 16.0 Å². The number of hydrogen-bond acceptors (Lipinski definition) is 5. The molecule has 0 aromatic carbocycles. The van der Waals surface area contributed by atoms with E-state index >= 15 is 0 Å². The van der Waals surface area contributed by atoms with Crippen LogP contribution in [-0.4, -0.2) is 54.6 Å². The topological polar surface area (TPSA) is 99.6 Å². The molecule has 3 rings (SSSR count). The van der Waals surface area contributed by atoms with E-state index in [1.807, 2.05) is 0 Å². The highest BCUT2D eigenvalue weighted by molar-refractivity contribution is 7.89. The van der Waals surface area contributed by atoms with Gasteiger partial charge in [-0.05, 0) is 37.9 Å². The summed E-state index contributed by atoms with van der Waals surface area (Å²) in [4.78, 5) is 16.8. The first-order valence-electron chi connectivity index (χ1n) is 6.93. The predicted octanol–water partition coefficient (Wildman–Crippen LogP) is 0.295. The molecule has 7 nitrogen and oxygen atoms in total. The third-order valence-electron chi connectivity index (χ3n) is 4.17. The molecule has 1 aromatic rings. The largest absolute Gasteiger partial charge is 0.478 e. The van der Waals surface area contributed by atoms with Crippen LogP contribution in [0.25, 0.3) is 0 Å². The fourth-order valence-corrected chi connectivity index (χ4v) is 4.38. The van der Waals surface area contributed by atoms with Crippen LogP contribution >= 0.6 is 0 Å². The number of fused-ring (bicyclic) bond motifs is 1. The van der Waals surface area contributed by atoms with Gasteiger partial charge in [0.05, 0.1) is 5.56 Å². The maximum absolute atomic E-state index is 12.3. The molecule has 2 fully saturated rings. The van der Waals surface area contributed by atoms with Crippen LogP contribution in [0.4, 0.5) is 0 Å². The molecule has 21 heavy (non-hydrogen) atoms. The van der Waals surface area contributed by atoms with Crippen LogP contribution in [0.2, 0.25) is 0 Å². The van der Waals surface area contributed by atoms with E-state index in [9.17, 15) is 13.2 Å². The molecule has 2 unspecified atom stereocenters. The van der Waals surface area contributed by atoms with E-state index in [0.29, 0.717) is 0 Å². The minimum absolute atomic E-state index is 0.0308. The Hall–Kier alpha value is -1.51. The van der Waals surface area contributed by atoms with Crippen molar-refractivity contribution in [2.45, 2.75) is 36.4 Å². The van der Waals surface area contributed by atoms with Crippen molar-refractivity contribution >= 4 is 16.0 Å². The molecule has 2 aliphatic rings. The lowest BCUT2D eigenvalue weighted by Gasteiger charge is -2.20. The van der Waals surface area contributed by atoms with Gasteiger partial charge in [-0.3, -0.25) is 4.90 Å². The normalized spacial score (nSPS) is 25.9. The minimum atomic E-state index is -3.71. The van der Waals surface area contributed by atoms with E-state index in [1.165, 1.54) is 12.1 Å². The van der Waals surface area contributed by atoms with Crippen LogP contribution < -0.4 is 4.72 Å². The summed E-state index contributed by atoms with van der Waals surface area (Å²) in [6, 6.07) is 2.67. The summed E-state index contributed by atoms with van der Waals surface area (Å²) in [7, 11) is -3.71. The van der Waals surface area contributed by atoms with Crippen molar-refractivity contribution in [3.8, 4) is 0 Å². The number of carboxylic acid groups (broad SMARTS) is 1. The fourth-order valence-electron chi connectivity index (χ4n) is 3.15. The second-order valence-corrected chi connectivity index (χ2v) is 7.11. The number of carbonyl (C=O) groups is 1. The van der Waals surface area contributed by atoms with Crippen LogP contribution in [0.15, 0.2) is 23.4 Å². The predicted molar refractivity (Wildman–Crippen MR) is 74.5 cm³/mol. The molecule has 0 saturated carbocycles. The Bertz CT molecular complexity index is 644. The average Bonchev–Trinajstić information content (AvgIpc) is 3.04. The van der Waals surface area contributed by atoms with Crippen LogP contribution in [0.5, 0.6) is 0 Å².